The van der Waals surface area contributed by atoms with Gasteiger partial charge in [-0.15, -0.1) is 0 Å². The van der Waals surface area contributed by atoms with E-state index in [0.29, 0.717) is 11.8 Å². The van der Waals surface area contributed by atoms with Gasteiger partial charge in [0.25, 0.3) is 0 Å². The summed E-state index contributed by atoms with van der Waals surface area (Å²) in [6.45, 7) is 8.87. The molecule has 31 heavy (non-hydrogen) atoms. The van der Waals surface area contributed by atoms with E-state index in [1.54, 1.807) is 0 Å². The van der Waals surface area contributed by atoms with Crippen molar-refractivity contribution in [1.82, 2.24) is 9.78 Å². The zero-order chi connectivity index (χ0) is 21.8. The van der Waals surface area contributed by atoms with Gasteiger partial charge in [0.2, 0.25) is 0 Å². The molecule has 0 amide bonds. The summed E-state index contributed by atoms with van der Waals surface area (Å²) in [6.07, 6.45) is 1.90. The fourth-order valence-electron chi connectivity index (χ4n) is 3.83. The van der Waals surface area contributed by atoms with Crippen LogP contribution in [-0.2, 0) is 0 Å². The van der Waals surface area contributed by atoms with Crippen LogP contribution in [0.25, 0.3) is 16.9 Å². The predicted octanol–water partition coefficient (Wildman–Crippen LogP) is 7.54. The first-order chi connectivity index (χ1) is 15.0. The molecule has 1 aromatic heterocycles. The second-order valence-electron chi connectivity index (χ2n) is 8.42. The molecule has 0 aliphatic heterocycles. The molecule has 156 valence electrons. The normalized spacial score (nSPS) is 11.7. The van der Waals surface area contributed by atoms with Gasteiger partial charge in [-0.25, -0.2) is 4.68 Å². The highest BCUT2D eigenvalue weighted by Gasteiger charge is 2.14. The maximum atomic E-state index is 4.96. The molecule has 0 N–H and O–H groups in total. The third-order valence-electron chi connectivity index (χ3n) is 5.47. The van der Waals surface area contributed by atoms with Crippen molar-refractivity contribution in [2.45, 2.75) is 39.5 Å². The zero-order valence-corrected chi connectivity index (χ0v) is 18.7. The average Bonchev–Trinajstić information content (AvgIpc) is 3.23. The van der Waals surface area contributed by atoms with Crippen molar-refractivity contribution < 1.29 is 0 Å². The van der Waals surface area contributed by atoms with Crippen LogP contribution in [0.15, 0.2) is 89.9 Å². The van der Waals surface area contributed by atoms with Crippen molar-refractivity contribution in [2.75, 3.05) is 0 Å². The molecule has 0 saturated heterocycles. The fraction of sp³-hybridized carbons (Fsp3) is 0.214. The summed E-state index contributed by atoms with van der Waals surface area (Å²) in [5.41, 5.74) is 7.67. The highest BCUT2D eigenvalue weighted by molar-refractivity contribution is 5.83. The van der Waals surface area contributed by atoms with Crippen LogP contribution >= 0.6 is 0 Å². The number of rotatable bonds is 6. The van der Waals surface area contributed by atoms with Crippen LogP contribution in [-0.4, -0.2) is 16.0 Å². The Bertz CT molecular complexity index is 1090. The van der Waals surface area contributed by atoms with Gasteiger partial charge in [0, 0.05) is 5.56 Å². The van der Waals surface area contributed by atoms with Gasteiger partial charge in [-0.1, -0.05) is 94.4 Å². The van der Waals surface area contributed by atoms with Crippen LogP contribution < -0.4 is 0 Å². The quantitative estimate of drug-likeness (QED) is 0.304. The van der Waals surface area contributed by atoms with Crippen LogP contribution in [0.4, 0.5) is 5.69 Å². The van der Waals surface area contributed by atoms with E-state index in [9.17, 15) is 0 Å². The van der Waals surface area contributed by atoms with Gasteiger partial charge in [-0.05, 0) is 41.2 Å². The van der Waals surface area contributed by atoms with Gasteiger partial charge in [0.1, 0.15) is 5.69 Å². The molecule has 0 atom stereocenters. The number of hydrogen-bond acceptors (Lipinski definition) is 2. The molecule has 0 bridgehead atoms. The molecule has 0 spiro atoms. The molecule has 3 nitrogen and oxygen atoms in total. The fourth-order valence-corrected chi connectivity index (χ4v) is 3.83. The van der Waals surface area contributed by atoms with E-state index in [0.717, 1.165) is 28.3 Å². The maximum absolute atomic E-state index is 4.96. The summed E-state index contributed by atoms with van der Waals surface area (Å²) < 4.78 is 1.99. The molecule has 0 unspecified atom stereocenters. The topological polar surface area (TPSA) is 30.2 Å². The molecule has 4 aromatic rings. The summed E-state index contributed by atoms with van der Waals surface area (Å²) in [4.78, 5) is 4.96. The van der Waals surface area contributed by atoms with E-state index < -0.39 is 0 Å². The van der Waals surface area contributed by atoms with Gasteiger partial charge < -0.3 is 0 Å². The Labute approximate surface area is 185 Å². The smallest absolute Gasteiger partial charge is 0.104 e. The molecule has 0 radical (unpaired) electrons. The number of nitrogens with zero attached hydrogens (tertiary/aromatic N) is 3. The van der Waals surface area contributed by atoms with Gasteiger partial charge in [-0.3, -0.25) is 4.99 Å². The average molecular weight is 408 g/mol. The van der Waals surface area contributed by atoms with Crippen LogP contribution in [0, 0.1) is 0 Å². The monoisotopic (exact) mass is 407 g/mol. The molecule has 0 fully saturated rings. The molecular formula is C28H29N3. The van der Waals surface area contributed by atoms with Crippen molar-refractivity contribution in [3.8, 4) is 16.9 Å². The van der Waals surface area contributed by atoms with Crippen molar-refractivity contribution in [1.29, 1.82) is 0 Å². The molecule has 1 heterocycles. The van der Waals surface area contributed by atoms with Crippen molar-refractivity contribution in [3.05, 3.63) is 102 Å². The molecule has 0 saturated carbocycles. The van der Waals surface area contributed by atoms with Crippen molar-refractivity contribution in [2.24, 2.45) is 4.99 Å². The Kier molecular flexibility index (Phi) is 6.13. The number of aromatic nitrogens is 2. The van der Waals surface area contributed by atoms with E-state index >= 15 is 0 Å². The Morgan fingerprint density at radius 1 is 0.742 bits per heavy atom. The summed E-state index contributed by atoms with van der Waals surface area (Å²) in [6, 6.07) is 29.2. The summed E-state index contributed by atoms with van der Waals surface area (Å²) in [7, 11) is 0. The number of benzene rings is 3. The highest BCUT2D eigenvalue weighted by atomic mass is 15.3. The van der Waals surface area contributed by atoms with Crippen LogP contribution in [0.5, 0.6) is 0 Å². The molecular weight excluding hydrogens is 378 g/mol. The Hall–Kier alpha value is -3.46. The number of hydrogen-bond donors (Lipinski definition) is 0. The Morgan fingerprint density at radius 3 is 1.90 bits per heavy atom. The van der Waals surface area contributed by atoms with E-state index in [4.69, 9.17) is 10.1 Å². The minimum atomic E-state index is 0.410. The molecule has 3 aromatic carbocycles. The first-order valence-corrected chi connectivity index (χ1v) is 10.9. The molecule has 4 rings (SSSR count). The standard InChI is InChI=1S/C28H29N3/c1-20(2)25-16-11-17-26(21(3)4)28(25)29-19-23-18-27(22-12-7-5-8-13-22)31(30-23)24-14-9-6-10-15-24/h5-21H,1-4H3. The lowest BCUT2D eigenvalue weighted by Crippen LogP contribution is -1.99. The van der Waals surface area contributed by atoms with Gasteiger partial charge in [0.05, 0.1) is 23.3 Å². The van der Waals surface area contributed by atoms with Crippen LogP contribution in [0.1, 0.15) is 56.4 Å². The summed E-state index contributed by atoms with van der Waals surface area (Å²) in [5.74, 6) is 0.820. The van der Waals surface area contributed by atoms with Gasteiger partial charge in [-0.2, -0.15) is 5.10 Å². The molecule has 3 heteroatoms. The van der Waals surface area contributed by atoms with Crippen molar-refractivity contribution in [3.63, 3.8) is 0 Å². The van der Waals surface area contributed by atoms with E-state index in [1.807, 2.05) is 35.2 Å². The minimum Gasteiger partial charge on any atom is -0.254 e. The Balaban J connectivity index is 1.81. The Morgan fingerprint density at radius 2 is 1.32 bits per heavy atom. The number of aliphatic imine (C=N–C) groups is 1. The first-order valence-electron chi connectivity index (χ1n) is 10.9. The van der Waals surface area contributed by atoms with Crippen LogP contribution in [0.3, 0.4) is 0 Å². The predicted molar refractivity (Wildman–Crippen MR) is 131 cm³/mol. The van der Waals surface area contributed by atoms with E-state index in [2.05, 4.69) is 88.4 Å². The van der Waals surface area contributed by atoms with Crippen molar-refractivity contribution >= 4 is 11.9 Å². The highest BCUT2D eigenvalue weighted by Crippen LogP contribution is 2.34. The summed E-state index contributed by atoms with van der Waals surface area (Å²) in [5, 5.41) is 4.89. The maximum Gasteiger partial charge on any atom is 0.104 e. The van der Waals surface area contributed by atoms with Crippen LogP contribution in [0.2, 0.25) is 0 Å². The SMILES string of the molecule is CC(C)c1cccc(C(C)C)c1N=Cc1cc(-c2ccccc2)n(-c2ccccc2)n1. The minimum absolute atomic E-state index is 0.410. The third-order valence-corrected chi connectivity index (χ3v) is 5.47. The van der Waals surface area contributed by atoms with E-state index in [-0.39, 0.29) is 0 Å². The first kappa shape index (κ1) is 20.8. The zero-order valence-electron chi connectivity index (χ0n) is 18.7. The second-order valence-corrected chi connectivity index (χ2v) is 8.42. The lowest BCUT2D eigenvalue weighted by atomic mass is 9.93. The third kappa shape index (κ3) is 4.51. The second kappa shape index (κ2) is 9.13. The molecule has 0 aliphatic carbocycles. The molecule has 0 aliphatic rings. The lowest BCUT2D eigenvalue weighted by Gasteiger charge is -2.16. The lowest BCUT2D eigenvalue weighted by molar-refractivity contribution is 0.835. The largest absolute Gasteiger partial charge is 0.254 e. The van der Waals surface area contributed by atoms with Gasteiger partial charge in [0.15, 0.2) is 0 Å². The van der Waals surface area contributed by atoms with Gasteiger partial charge >= 0.3 is 0 Å². The van der Waals surface area contributed by atoms with E-state index in [1.165, 1.54) is 11.1 Å². The number of para-hydroxylation sites is 2. The summed E-state index contributed by atoms with van der Waals surface area (Å²) >= 11 is 0.